The molecule has 0 aliphatic heterocycles. The molecule has 0 bridgehead atoms. The second-order valence-electron chi connectivity index (χ2n) is 3.07. The van der Waals surface area contributed by atoms with Crippen molar-refractivity contribution < 1.29 is 0 Å². The zero-order valence-corrected chi connectivity index (χ0v) is 9.02. The van der Waals surface area contributed by atoms with Crippen LogP contribution in [0.25, 0.3) is 6.08 Å². The molecule has 1 aromatic carbocycles. The first-order chi connectivity index (χ1) is 6.61. The third-order valence-electron chi connectivity index (χ3n) is 1.82. The summed E-state index contributed by atoms with van der Waals surface area (Å²) in [4.78, 5) is 0. The van der Waals surface area contributed by atoms with Gasteiger partial charge in [0.1, 0.15) is 0 Å². The maximum atomic E-state index is 7.17. The number of rotatable bonds is 2. The van der Waals surface area contributed by atoms with E-state index in [1.165, 1.54) is 0 Å². The van der Waals surface area contributed by atoms with Crippen molar-refractivity contribution in [2.45, 2.75) is 13.8 Å². The zero-order chi connectivity index (χ0) is 10.6. The lowest BCUT2D eigenvalue weighted by Gasteiger charge is -2.02. The average Bonchev–Trinajstić information content (AvgIpc) is 2.09. The number of hydrogen-bond donors (Lipinski definition) is 2. The lowest BCUT2D eigenvalue weighted by atomic mass is 10.1. The fourth-order valence-corrected chi connectivity index (χ4v) is 1.39. The van der Waals surface area contributed by atoms with Gasteiger partial charge < -0.3 is 5.32 Å². The molecule has 2 nitrogen and oxygen atoms in total. The highest BCUT2D eigenvalue weighted by molar-refractivity contribution is 6.32. The minimum absolute atomic E-state index is 0.408. The lowest BCUT2D eigenvalue weighted by molar-refractivity contribution is 1.22. The van der Waals surface area contributed by atoms with Crippen LogP contribution >= 0.6 is 11.6 Å². The highest BCUT2D eigenvalue weighted by atomic mass is 35.5. The molecule has 0 aliphatic carbocycles. The summed E-state index contributed by atoms with van der Waals surface area (Å²) in [5.74, 6) is 0.408. The van der Waals surface area contributed by atoms with Gasteiger partial charge in [-0.25, -0.2) is 0 Å². The van der Waals surface area contributed by atoms with E-state index in [9.17, 15) is 0 Å². The number of nitrogens with one attached hydrogen (secondary N) is 2. The molecule has 0 amide bonds. The minimum atomic E-state index is 0.408. The smallest absolute Gasteiger partial charge is 0.0939 e. The van der Waals surface area contributed by atoms with Crippen LogP contribution in [0.1, 0.15) is 18.1 Å². The van der Waals surface area contributed by atoms with E-state index in [1.807, 2.05) is 31.2 Å². The maximum Gasteiger partial charge on any atom is 0.0939 e. The van der Waals surface area contributed by atoms with Crippen LogP contribution in [-0.4, -0.2) is 5.84 Å². The molecule has 14 heavy (non-hydrogen) atoms. The Hall–Kier alpha value is -1.28. The third kappa shape index (κ3) is 2.89. The molecule has 0 radical (unpaired) electrons. The van der Waals surface area contributed by atoms with Crippen molar-refractivity contribution in [3.63, 3.8) is 0 Å². The summed E-state index contributed by atoms with van der Waals surface area (Å²) >= 11 is 6.01. The van der Waals surface area contributed by atoms with Crippen molar-refractivity contribution in [2.24, 2.45) is 0 Å². The summed E-state index contributed by atoms with van der Waals surface area (Å²) in [6.45, 7) is 3.69. The Kier molecular flexibility index (Phi) is 3.72. The molecule has 1 rings (SSSR count). The molecule has 1 aromatic rings. The molecule has 0 aromatic heterocycles. The minimum Gasteiger partial charge on any atom is -0.351 e. The second-order valence-corrected chi connectivity index (χ2v) is 3.48. The molecule has 0 saturated carbocycles. The topological polar surface area (TPSA) is 35.9 Å². The van der Waals surface area contributed by atoms with Gasteiger partial charge in [-0.05, 0) is 37.1 Å². The third-order valence-corrected chi connectivity index (χ3v) is 2.15. The molecule has 0 fully saturated rings. The Morgan fingerprint density at radius 2 is 2.21 bits per heavy atom. The van der Waals surface area contributed by atoms with Gasteiger partial charge in [0.05, 0.1) is 5.84 Å². The standard InChI is InChI=1S/C11H13ClN2/c1-8-4-3-5-11(12)10(8)6-7-14-9(2)13/h3-7H,1-2H3,(H2,13,14). The van der Waals surface area contributed by atoms with Crippen LogP contribution in [0.2, 0.25) is 5.02 Å². The van der Waals surface area contributed by atoms with Crippen molar-refractivity contribution >= 4 is 23.5 Å². The van der Waals surface area contributed by atoms with Crippen LogP contribution in [0, 0.1) is 12.3 Å². The fraction of sp³-hybridized carbons (Fsp3) is 0.182. The molecule has 0 heterocycles. The molecule has 0 aliphatic rings. The summed E-state index contributed by atoms with van der Waals surface area (Å²) in [5, 5.41) is 10.7. The Labute approximate surface area is 89.1 Å². The largest absolute Gasteiger partial charge is 0.351 e. The van der Waals surface area contributed by atoms with Crippen molar-refractivity contribution in [2.75, 3.05) is 0 Å². The second kappa shape index (κ2) is 4.82. The summed E-state index contributed by atoms with van der Waals surface area (Å²) in [5.41, 5.74) is 2.11. The summed E-state index contributed by atoms with van der Waals surface area (Å²) in [6.07, 6.45) is 3.59. The van der Waals surface area contributed by atoms with Crippen LogP contribution in [0.15, 0.2) is 24.4 Å². The van der Waals surface area contributed by atoms with Gasteiger partial charge in [0.2, 0.25) is 0 Å². The van der Waals surface area contributed by atoms with Gasteiger partial charge in [0, 0.05) is 11.2 Å². The van der Waals surface area contributed by atoms with E-state index in [0.29, 0.717) is 5.84 Å². The van der Waals surface area contributed by atoms with Crippen LogP contribution in [0.5, 0.6) is 0 Å². The number of aryl methyl sites for hydroxylation is 1. The van der Waals surface area contributed by atoms with Crippen molar-refractivity contribution in [3.05, 3.63) is 40.5 Å². The number of hydrogen-bond acceptors (Lipinski definition) is 1. The first-order valence-electron chi connectivity index (χ1n) is 4.34. The van der Waals surface area contributed by atoms with Crippen LogP contribution in [0.3, 0.4) is 0 Å². The molecule has 74 valence electrons. The number of amidine groups is 1. The maximum absolute atomic E-state index is 7.17. The first-order valence-corrected chi connectivity index (χ1v) is 4.72. The van der Waals surface area contributed by atoms with E-state index in [1.54, 1.807) is 13.1 Å². The molecular weight excluding hydrogens is 196 g/mol. The van der Waals surface area contributed by atoms with E-state index >= 15 is 0 Å². The summed E-state index contributed by atoms with van der Waals surface area (Å²) < 4.78 is 0. The number of halogens is 1. The predicted molar refractivity (Wildman–Crippen MR) is 61.8 cm³/mol. The quantitative estimate of drug-likeness (QED) is 0.568. The molecular formula is C11H13ClN2. The van der Waals surface area contributed by atoms with Crippen molar-refractivity contribution in [3.8, 4) is 0 Å². The van der Waals surface area contributed by atoms with Crippen LogP contribution < -0.4 is 5.32 Å². The van der Waals surface area contributed by atoms with Crippen LogP contribution in [-0.2, 0) is 0 Å². The van der Waals surface area contributed by atoms with E-state index in [0.717, 1.165) is 16.1 Å². The van der Waals surface area contributed by atoms with Gasteiger partial charge in [-0.15, -0.1) is 0 Å². The SMILES string of the molecule is CC(=N)NC=Cc1c(C)cccc1Cl. The van der Waals surface area contributed by atoms with E-state index < -0.39 is 0 Å². The van der Waals surface area contributed by atoms with Gasteiger partial charge in [0.25, 0.3) is 0 Å². The molecule has 0 saturated heterocycles. The molecule has 0 spiro atoms. The highest BCUT2D eigenvalue weighted by Crippen LogP contribution is 2.20. The predicted octanol–water partition coefficient (Wildman–Crippen LogP) is 3.21. The van der Waals surface area contributed by atoms with Gasteiger partial charge in [-0.2, -0.15) is 0 Å². The van der Waals surface area contributed by atoms with Gasteiger partial charge in [0.15, 0.2) is 0 Å². The Bertz CT molecular complexity index is 349. The first kappa shape index (κ1) is 10.8. The van der Waals surface area contributed by atoms with E-state index in [4.69, 9.17) is 17.0 Å². The lowest BCUT2D eigenvalue weighted by Crippen LogP contribution is -2.10. The average molecular weight is 209 g/mol. The molecule has 0 atom stereocenters. The Balaban J connectivity index is 2.85. The Morgan fingerprint density at radius 3 is 2.79 bits per heavy atom. The summed E-state index contributed by atoms with van der Waals surface area (Å²) in [7, 11) is 0. The fourth-order valence-electron chi connectivity index (χ4n) is 1.11. The van der Waals surface area contributed by atoms with Crippen molar-refractivity contribution in [1.82, 2.24) is 5.32 Å². The van der Waals surface area contributed by atoms with Gasteiger partial charge in [-0.3, -0.25) is 5.41 Å². The molecule has 3 heteroatoms. The summed E-state index contributed by atoms with van der Waals surface area (Å²) in [6, 6.07) is 5.78. The molecule has 2 N–H and O–H groups in total. The van der Waals surface area contributed by atoms with Crippen molar-refractivity contribution in [1.29, 1.82) is 5.41 Å². The molecule has 0 unspecified atom stereocenters. The monoisotopic (exact) mass is 208 g/mol. The van der Waals surface area contributed by atoms with Gasteiger partial charge >= 0.3 is 0 Å². The number of benzene rings is 1. The highest BCUT2D eigenvalue weighted by Gasteiger charge is 1.98. The zero-order valence-electron chi connectivity index (χ0n) is 8.26. The van der Waals surface area contributed by atoms with E-state index in [2.05, 4.69) is 5.32 Å². The van der Waals surface area contributed by atoms with Gasteiger partial charge in [-0.1, -0.05) is 23.7 Å². The van der Waals surface area contributed by atoms with E-state index in [-0.39, 0.29) is 0 Å². The normalized spacial score (nSPS) is 10.5. The van der Waals surface area contributed by atoms with Crippen LogP contribution in [0.4, 0.5) is 0 Å². The Morgan fingerprint density at radius 1 is 1.50 bits per heavy atom.